The third-order valence-electron chi connectivity index (χ3n) is 6.64. The average Bonchev–Trinajstić information content (AvgIpc) is 2.84. The Balaban J connectivity index is 1.52. The molecule has 0 radical (unpaired) electrons. The first-order chi connectivity index (χ1) is 16.1. The molecule has 33 heavy (non-hydrogen) atoms. The van der Waals surface area contributed by atoms with Crippen LogP contribution in [0.4, 0.5) is 8.78 Å². The lowest BCUT2D eigenvalue weighted by Gasteiger charge is -2.47. The first-order valence-electron chi connectivity index (χ1n) is 11.1. The van der Waals surface area contributed by atoms with Crippen LogP contribution in [0.15, 0.2) is 78.2 Å². The van der Waals surface area contributed by atoms with E-state index in [9.17, 15) is 13.6 Å². The molecule has 1 aliphatic carbocycles. The monoisotopic (exact) mass is 446 g/mol. The fourth-order valence-corrected chi connectivity index (χ4v) is 5.08. The number of rotatable bonds is 4. The maximum Gasteiger partial charge on any atom is 0.271 e. The van der Waals surface area contributed by atoms with Gasteiger partial charge in [0.1, 0.15) is 11.6 Å². The predicted octanol–water partition coefficient (Wildman–Crippen LogP) is 4.95. The van der Waals surface area contributed by atoms with Gasteiger partial charge in [-0.05, 0) is 60.4 Å². The summed E-state index contributed by atoms with van der Waals surface area (Å²) in [6.45, 7) is 0. The second-order valence-corrected chi connectivity index (χ2v) is 8.58. The van der Waals surface area contributed by atoms with E-state index in [1.165, 1.54) is 24.3 Å². The summed E-state index contributed by atoms with van der Waals surface area (Å²) in [7, 11) is 0. The van der Waals surface area contributed by atoms with Gasteiger partial charge in [0, 0.05) is 47.6 Å². The number of piperidine rings is 1. The topological polar surface area (TPSA) is 66.4 Å². The molecule has 1 saturated carbocycles. The van der Waals surface area contributed by atoms with E-state index in [0.29, 0.717) is 5.56 Å². The molecule has 3 aromatic rings. The maximum atomic E-state index is 13.6. The normalized spacial score (nSPS) is 25.6. The number of pyridine rings is 1. The zero-order valence-electron chi connectivity index (χ0n) is 17.9. The number of nitrogens with zero attached hydrogens (tertiary/aromatic N) is 2. The number of hydrazone groups is 1. The Morgan fingerprint density at radius 1 is 0.848 bits per heavy atom. The quantitative estimate of drug-likeness (QED) is 0.558. The summed E-state index contributed by atoms with van der Waals surface area (Å²) >= 11 is 0. The van der Waals surface area contributed by atoms with Crippen LogP contribution in [0.25, 0.3) is 0 Å². The number of nitrogens with one attached hydrogen (secondary N) is 2. The summed E-state index contributed by atoms with van der Waals surface area (Å²) < 4.78 is 27.2. The Hall–Kier alpha value is -3.45. The summed E-state index contributed by atoms with van der Waals surface area (Å²) in [5, 5.41) is 8.37. The van der Waals surface area contributed by atoms with E-state index in [-0.39, 0.29) is 41.5 Å². The van der Waals surface area contributed by atoms with Gasteiger partial charge in [-0.1, -0.05) is 30.7 Å². The molecule has 1 aliphatic heterocycles. The van der Waals surface area contributed by atoms with Crippen LogP contribution < -0.4 is 10.7 Å². The summed E-state index contributed by atoms with van der Waals surface area (Å²) in [5.74, 6) is -0.750. The fourth-order valence-electron chi connectivity index (χ4n) is 5.08. The highest BCUT2D eigenvalue weighted by Gasteiger charge is 2.45. The summed E-state index contributed by atoms with van der Waals surface area (Å²) in [6, 6.07) is 16.1. The van der Waals surface area contributed by atoms with Gasteiger partial charge in [-0.3, -0.25) is 9.78 Å². The van der Waals surface area contributed by atoms with Gasteiger partial charge in [-0.15, -0.1) is 0 Å². The third-order valence-corrected chi connectivity index (χ3v) is 6.64. The van der Waals surface area contributed by atoms with Crippen LogP contribution in [0.2, 0.25) is 0 Å². The second kappa shape index (κ2) is 9.19. The predicted molar refractivity (Wildman–Crippen MR) is 121 cm³/mol. The molecule has 2 aliphatic rings. The molecular weight excluding hydrogens is 422 g/mol. The van der Waals surface area contributed by atoms with E-state index in [4.69, 9.17) is 0 Å². The highest BCUT2D eigenvalue weighted by Crippen LogP contribution is 2.46. The maximum absolute atomic E-state index is 13.6. The molecule has 2 bridgehead atoms. The molecule has 168 valence electrons. The van der Waals surface area contributed by atoms with Gasteiger partial charge in [0.25, 0.3) is 5.91 Å². The number of fused-ring (bicyclic) bond motifs is 2. The molecule has 2 aromatic carbocycles. The van der Waals surface area contributed by atoms with Gasteiger partial charge in [0.05, 0.1) is 0 Å². The van der Waals surface area contributed by atoms with Crippen molar-refractivity contribution in [3.05, 3.63) is 101 Å². The minimum absolute atomic E-state index is 0.0589. The SMILES string of the molecule is O=C(NN=C1C2CCCC1[C@H](c1ccc(F)cc1)N[C@@H]2c1ccc(F)cc1)c1ccncc1. The standard InChI is InChI=1S/C26H24F2N4O/c27-19-8-4-16(5-9-19)23-21-2-1-3-22(24(30-23)17-6-10-20(28)11-7-17)25(21)31-32-26(33)18-12-14-29-15-13-18/h4-15,21-24,30H,1-3H2,(H,32,33)/t21?,22?,23-,24+. The zero-order valence-corrected chi connectivity index (χ0v) is 17.9. The Kier molecular flexibility index (Phi) is 5.96. The molecule has 5 nitrogen and oxygen atoms in total. The van der Waals surface area contributed by atoms with E-state index >= 15 is 0 Å². The first kappa shape index (κ1) is 21.4. The molecule has 1 amide bonds. The van der Waals surface area contributed by atoms with Crippen molar-refractivity contribution in [2.24, 2.45) is 16.9 Å². The number of hydrogen-bond donors (Lipinski definition) is 2. The average molecular weight is 447 g/mol. The number of aromatic nitrogens is 1. The summed E-state index contributed by atoms with van der Waals surface area (Å²) in [5.41, 5.74) is 6.06. The highest BCUT2D eigenvalue weighted by molar-refractivity contribution is 5.97. The number of amides is 1. The molecule has 2 N–H and O–H groups in total. The smallest absolute Gasteiger partial charge is 0.271 e. The van der Waals surface area contributed by atoms with Crippen molar-refractivity contribution < 1.29 is 13.6 Å². The van der Waals surface area contributed by atoms with Crippen LogP contribution in [0.5, 0.6) is 0 Å². The van der Waals surface area contributed by atoms with Gasteiger partial charge in [-0.2, -0.15) is 5.10 Å². The molecule has 7 heteroatoms. The van der Waals surface area contributed by atoms with Crippen molar-refractivity contribution in [1.82, 2.24) is 15.7 Å². The first-order valence-corrected chi connectivity index (χ1v) is 11.1. The van der Waals surface area contributed by atoms with E-state index in [2.05, 4.69) is 20.8 Å². The molecule has 1 aromatic heterocycles. The number of hydrogen-bond acceptors (Lipinski definition) is 4. The molecule has 2 heterocycles. The largest absolute Gasteiger partial charge is 0.302 e. The summed E-state index contributed by atoms with van der Waals surface area (Å²) in [4.78, 5) is 16.6. The number of benzene rings is 2. The van der Waals surface area contributed by atoms with Crippen LogP contribution in [-0.4, -0.2) is 16.6 Å². The molecule has 5 rings (SSSR count). The van der Waals surface area contributed by atoms with Crippen LogP contribution in [0.1, 0.15) is 52.8 Å². The van der Waals surface area contributed by atoms with Crippen LogP contribution in [0, 0.1) is 23.5 Å². The lowest BCUT2D eigenvalue weighted by Crippen LogP contribution is -2.51. The second-order valence-electron chi connectivity index (χ2n) is 8.58. The Bertz CT molecular complexity index is 1090. The third kappa shape index (κ3) is 4.41. The minimum atomic E-state index is -0.293. The lowest BCUT2D eigenvalue weighted by molar-refractivity contribution is 0.0953. The van der Waals surface area contributed by atoms with Crippen LogP contribution in [-0.2, 0) is 0 Å². The van der Waals surface area contributed by atoms with Gasteiger partial charge in [0.2, 0.25) is 0 Å². The molecule has 1 saturated heterocycles. The number of carbonyl (C=O) groups excluding carboxylic acids is 1. The number of carbonyl (C=O) groups is 1. The number of halogens is 2. The molecular formula is C26H24F2N4O. The van der Waals surface area contributed by atoms with Crippen LogP contribution >= 0.6 is 0 Å². The van der Waals surface area contributed by atoms with Crippen molar-refractivity contribution in [3.8, 4) is 0 Å². The van der Waals surface area contributed by atoms with Gasteiger partial charge >= 0.3 is 0 Å². The van der Waals surface area contributed by atoms with Crippen LogP contribution in [0.3, 0.4) is 0 Å². The zero-order chi connectivity index (χ0) is 22.8. The van der Waals surface area contributed by atoms with Crippen molar-refractivity contribution in [2.45, 2.75) is 31.3 Å². The molecule has 4 atom stereocenters. The van der Waals surface area contributed by atoms with Crippen molar-refractivity contribution in [1.29, 1.82) is 0 Å². The highest BCUT2D eigenvalue weighted by atomic mass is 19.1. The van der Waals surface area contributed by atoms with Crippen molar-refractivity contribution >= 4 is 11.6 Å². The Morgan fingerprint density at radius 3 is 1.88 bits per heavy atom. The minimum Gasteiger partial charge on any atom is -0.302 e. The lowest BCUT2D eigenvalue weighted by atomic mass is 9.67. The summed E-state index contributed by atoms with van der Waals surface area (Å²) in [6.07, 6.45) is 5.97. The molecule has 0 spiro atoms. The molecule has 2 unspecified atom stereocenters. The van der Waals surface area contributed by atoms with Crippen molar-refractivity contribution in [2.75, 3.05) is 0 Å². The Morgan fingerprint density at radius 2 is 1.36 bits per heavy atom. The van der Waals surface area contributed by atoms with E-state index in [1.807, 2.05) is 0 Å². The van der Waals surface area contributed by atoms with Gasteiger partial charge in [0.15, 0.2) is 0 Å². The fraction of sp³-hybridized carbons (Fsp3) is 0.269. The van der Waals surface area contributed by atoms with Gasteiger partial charge in [-0.25, -0.2) is 14.2 Å². The molecule has 2 fully saturated rings. The van der Waals surface area contributed by atoms with E-state index in [1.54, 1.807) is 48.8 Å². The van der Waals surface area contributed by atoms with Crippen molar-refractivity contribution in [3.63, 3.8) is 0 Å². The van der Waals surface area contributed by atoms with Gasteiger partial charge < -0.3 is 5.32 Å². The van der Waals surface area contributed by atoms with E-state index < -0.39 is 0 Å². The van der Waals surface area contributed by atoms with E-state index in [0.717, 1.165) is 36.1 Å². The Labute approximate surface area is 190 Å².